The van der Waals surface area contributed by atoms with E-state index in [-0.39, 0.29) is 25.0 Å². The number of halogens is 1. The zero-order valence-electron chi connectivity index (χ0n) is 12.4. The standard InChI is InChI=1S/C18H16ClNO3/c19-15-8-4-7-14(9-15)11-17(21)20-16(12-23-18(20)22)10-13-5-2-1-3-6-13/h1-9,16H,10-12H2/t16-/m0/s1. The summed E-state index contributed by atoms with van der Waals surface area (Å²) in [4.78, 5) is 25.7. The molecule has 0 bridgehead atoms. The van der Waals surface area contributed by atoms with Crippen LogP contribution >= 0.6 is 11.6 Å². The molecule has 1 aliphatic rings. The molecule has 0 saturated carbocycles. The monoisotopic (exact) mass is 329 g/mol. The number of hydrogen-bond donors (Lipinski definition) is 0. The summed E-state index contributed by atoms with van der Waals surface area (Å²) in [5, 5.41) is 0.570. The highest BCUT2D eigenvalue weighted by atomic mass is 35.5. The van der Waals surface area contributed by atoms with Gasteiger partial charge in [-0.1, -0.05) is 54.1 Å². The summed E-state index contributed by atoms with van der Waals surface area (Å²) in [6.45, 7) is 0.231. The molecule has 0 spiro atoms. The van der Waals surface area contributed by atoms with Gasteiger partial charge >= 0.3 is 6.09 Å². The molecule has 118 valence electrons. The van der Waals surface area contributed by atoms with Gasteiger partial charge in [-0.2, -0.15) is 0 Å². The molecule has 0 radical (unpaired) electrons. The van der Waals surface area contributed by atoms with Crippen LogP contribution in [0.25, 0.3) is 0 Å². The van der Waals surface area contributed by atoms with Crippen molar-refractivity contribution in [1.82, 2.24) is 4.90 Å². The van der Waals surface area contributed by atoms with E-state index in [2.05, 4.69) is 0 Å². The fraction of sp³-hybridized carbons (Fsp3) is 0.222. The smallest absolute Gasteiger partial charge is 0.416 e. The van der Waals surface area contributed by atoms with Crippen molar-refractivity contribution in [3.05, 3.63) is 70.7 Å². The van der Waals surface area contributed by atoms with Gasteiger partial charge in [-0.05, 0) is 29.7 Å². The van der Waals surface area contributed by atoms with Gasteiger partial charge in [0.15, 0.2) is 0 Å². The van der Waals surface area contributed by atoms with Crippen molar-refractivity contribution < 1.29 is 14.3 Å². The molecule has 2 aromatic carbocycles. The van der Waals surface area contributed by atoms with E-state index >= 15 is 0 Å². The highest BCUT2D eigenvalue weighted by Gasteiger charge is 2.37. The molecule has 1 atom stereocenters. The topological polar surface area (TPSA) is 46.6 Å². The molecule has 1 aliphatic heterocycles. The Balaban J connectivity index is 1.73. The minimum Gasteiger partial charge on any atom is -0.447 e. The number of nitrogens with zero attached hydrogens (tertiary/aromatic N) is 1. The Kier molecular flexibility index (Phi) is 4.63. The maximum atomic E-state index is 12.5. The fourth-order valence-corrected chi connectivity index (χ4v) is 2.92. The number of imide groups is 1. The van der Waals surface area contributed by atoms with Crippen molar-refractivity contribution in [2.45, 2.75) is 18.9 Å². The van der Waals surface area contributed by atoms with Crippen molar-refractivity contribution in [3.63, 3.8) is 0 Å². The van der Waals surface area contributed by atoms with Gasteiger partial charge in [0.05, 0.1) is 12.5 Å². The minimum atomic E-state index is -0.571. The Morgan fingerprint density at radius 1 is 1.13 bits per heavy atom. The first-order valence-corrected chi connectivity index (χ1v) is 7.78. The van der Waals surface area contributed by atoms with Crippen molar-refractivity contribution >= 4 is 23.6 Å². The molecular weight excluding hydrogens is 314 g/mol. The Morgan fingerprint density at radius 2 is 1.87 bits per heavy atom. The predicted molar refractivity (Wildman–Crippen MR) is 87.3 cm³/mol. The lowest BCUT2D eigenvalue weighted by atomic mass is 10.0. The van der Waals surface area contributed by atoms with Gasteiger partial charge in [-0.15, -0.1) is 0 Å². The summed E-state index contributed by atoms with van der Waals surface area (Å²) >= 11 is 5.94. The van der Waals surface area contributed by atoms with Gasteiger partial charge in [0.2, 0.25) is 5.91 Å². The number of cyclic esters (lactones) is 1. The summed E-state index contributed by atoms with van der Waals surface area (Å²) in [7, 11) is 0. The molecule has 1 fully saturated rings. The number of ether oxygens (including phenoxy) is 1. The Hall–Kier alpha value is -2.33. The molecular formula is C18H16ClNO3. The van der Waals surface area contributed by atoms with Gasteiger partial charge in [0.1, 0.15) is 6.61 Å². The highest BCUT2D eigenvalue weighted by molar-refractivity contribution is 6.30. The summed E-state index contributed by atoms with van der Waals surface area (Å²) in [6, 6.07) is 16.6. The molecule has 0 unspecified atom stereocenters. The van der Waals surface area contributed by atoms with Crippen LogP contribution in [0.3, 0.4) is 0 Å². The van der Waals surface area contributed by atoms with Crippen molar-refractivity contribution in [2.24, 2.45) is 0 Å². The van der Waals surface area contributed by atoms with Crippen LogP contribution in [0.2, 0.25) is 5.02 Å². The molecule has 1 saturated heterocycles. The molecule has 0 aliphatic carbocycles. The molecule has 2 aromatic rings. The first-order chi connectivity index (χ1) is 11.1. The van der Waals surface area contributed by atoms with E-state index in [1.165, 1.54) is 4.90 Å². The third-order valence-corrected chi connectivity index (χ3v) is 4.02. The minimum absolute atomic E-state index is 0.126. The van der Waals surface area contributed by atoms with E-state index in [1.54, 1.807) is 18.2 Å². The van der Waals surface area contributed by atoms with E-state index in [0.717, 1.165) is 11.1 Å². The molecule has 4 nitrogen and oxygen atoms in total. The van der Waals surface area contributed by atoms with E-state index < -0.39 is 6.09 Å². The molecule has 23 heavy (non-hydrogen) atoms. The van der Waals surface area contributed by atoms with Crippen molar-refractivity contribution in [1.29, 1.82) is 0 Å². The fourth-order valence-electron chi connectivity index (χ4n) is 2.71. The Bertz CT molecular complexity index is 717. The summed E-state index contributed by atoms with van der Waals surface area (Å²) in [6.07, 6.45) is 0.146. The highest BCUT2D eigenvalue weighted by Crippen LogP contribution is 2.19. The number of benzene rings is 2. The maximum absolute atomic E-state index is 12.5. The van der Waals surface area contributed by atoms with Crippen LogP contribution in [0.15, 0.2) is 54.6 Å². The van der Waals surface area contributed by atoms with Crippen molar-refractivity contribution in [2.75, 3.05) is 6.61 Å². The average molecular weight is 330 g/mol. The molecule has 3 rings (SSSR count). The number of rotatable bonds is 4. The number of carbonyl (C=O) groups excluding carboxylic acids is 2. The lowest BCUT2D eigenvalue weighted by Crippen LogP contribution is -2.41. The lowest BCUT2D eigenvalue weighted by molar-refractivity contribution is -0.128. The van der Waals surface area contributed by atoms with Crippen LogP contribution in [0.5, 0.6) is 0 Å². The Labute approximate surface area is 139 Å². The largest absolute Gasteiger partial charge is 0.447 e. The van der Waals surface area contributed by atoms with Gasteiger partial charge in [-0.25, -0.2) is 9.69 Å². The summed E-state index contributed by atoms with van der Waals surface area (Å²) in [5.74, 6) is -0.268. The van der Waals surface area contributed by atoms with Crippen LogP contribution in [-0.2, 0) is 22.4 Å². The van der Waals surface area contributed by atoms with Crippen LogP contribution in [0, 0.1) is 0 Å². The van der Waals surface area contributed by atoms with E-state index in [0.29, 0.717) is 11.4 Å². The molecule has 0 N–H and O–H groups in total. The number of hydrogen-bond acceptors (Lipinski definition) is 3. The van der Waals surface area contributed by atoms with Crippen LogP contribution in [-0.4, -0.2) is 29.5 Å². The second kappa shape index (κ2) is 6.84. The van der Waals surface area contributed by atoms with E-state index in [9.17, 15) is 9.59 Å². The predicted octanol–water partition coefficient (Wildman–Crippen LogP) is 3.47. The zero-order valence-corrected chi connectivity index (χ0v) is 13.2. The quantitative estimate of drug-likeness (QED) is 0.862. The van der Waals surface area contributed by atoms with Crippen LogP contribution in [0.1, 0.15) is 11.1 Å². The van der Waals surface area contributed by atoms with Gasteiger partial charge in [0, 0.05) is 5.02 Å². The first-order valence-electron chi connectivity index (χ1n) is 7.40. The molecule has 1 heterocycles. The number of carbonyl (C=O) groups is 2. The summed E-state index contributed by atoms with van der Waals surface area (Å²) in [5.41, 5.74) is 1.84. The van der Waals surface area contributed by atoms with Gasteiger partial charge < -0.3 is 4.74 Å². The third-order valence-electron chi connectivity index (χ3n) is 3.79. The molecule has 5 heteroatoms. The van der Waals surface area contributed by atoms with E-state index in [4.69, 9.17) is 16.3 Å². The van der Waals surface area contributed by atoms with Crippen molar-refractivity contribution in [3.8, 4) is 0 Å². The maximum Gasteiger partial charge on any atom is 0.416 e. The van der Waals surface area contributed by atoms with Gasteiger partial charge in [0.25, 0.3) is 0 Å². The third kappa shape index (κ3) is 3.71. The second-order valence-electron chi connectivity index (χ2n) is 5.49. The molecule has 2 amide bonds. The Morgan fingerprint density at radius 3 is 2.61 bits per heavy atom. The zero-order chi connectivity index (χ0) is 16.2. The second-order valence-corrected chi connectivity index (χ2v) is 5.93. The normalized spacial score (nSPS) is 17.2. The van der Waals surface area contributed by atoms with Crippen LogP contribution in [0.4, 0.5) is 4.79 Å². The van der Waals surface area contributed by atoms with E-state index in [1.807, 2.05) is 36.4 Å². The van der Waals surface area contributed by atoms with Crippen LogP contribution < -0.4 is 0 Å². The number of amides is 2. The first kappa shape index (κ1) is 15.6. The molecule has 0 aromatic heterocycles. The van der Waals surface area contributed by atoms with Gasteiger partial charge in [-0.3, -0.25) is 4.79 Å². The SMILES string of the molecule is O=C(Cc1cccc(Cl)c1)N1C(=O)OC[C@@H]1Cc1ccccc1. The summed E-state index contributed by atoms with van der Waals surface area (Å²) < 4.78 is 5.07. The lowest BCUT2D eigenvalue weighted by Gasteiger charge is -2.19. The average Bonchev–Trinajstić information content (AvgIpc) is 2.89.